The highest BCUT2D eigenvalue weighted by atomic mass is 31.2. The number of aliphatic carboxylic acids is 1. The van der Waals surface area contributed by atoms with Crippen LogP contribution in [0.5, 0.6) is 0 Å². The molecule has 0 saturated heterocycles. The van der Waals surface area contributed by atoms with Gasteiger partial charge in [0.1, 0.15) is 6.10 Å². The van der Waals surface area contributed by atoms with E-state index >= 15 is 0 Å². The number of carboxylic acid groups (broad SMARTS) is 1. The molecule has 0 aromatic rings. The number of hydrogen-bond acceptors (Lipinski definition) is 7. The molecular weight excluding hydrogens is 497 g/mol. The summed E-state index contributed by atoms with van der Waals surface area (Å²) in [5.74, 6) is -0.840. The summed E-state index contributed by atoms with van der Waals surface area (Å²) in [7, 11) is -2.45. The van der Waals surface area contributed by atoms with Gasteiger partial charge in [-0.25, -0.2) is 4.57 Å². The Morgan fingerprint density at radius 3 is 2.11 bits per heavy atom. The van der Waals surface area contributed by atoms with Crippen molar-refractivity contribution < 1.29 is 37.9 Å². The van der Waals surface area contributed by atoms with E-state index in [1.807, 2.05) is 0 Å². The molecule has 37 heavy (non-hydrogen) atoms. The number of ether oxygens (including phenoxy) is 2. The Morgan fingerprint density at radius 1 is 0.838 bits per heavy atom. The van der Waals surface area contributed by atoms with E-state index in [9.17, 15) is 14.3 Å². The van der Waals surface area contributed by atoms with Crippen LogP contribution in [-0.2, 0) is 27.9 Å². The molecular formula is C27H54NO8P. The van der Waals surface area contributed by atoms with Crippen molar-refractivity contribution in [1.82, 2.24) is 5.32 Å². The number of likely N-dealkylation sites (N-methyl/N-ethyl adjacent to an activating group) is 1. The Kier molecular flexibility index (Phi) is 26.2. The Balaban J connectivity index is 3.96. The van der Waals surface area contributed by atoms with Gasteiger partial charge in [-0.15, -0.1) is 0 Å². The second kappa shape index (κ2) is 26.8. The molecule has 0 spiro atoms. The summed E-state index contributed by atoms with van der Waals surface area (Å²) >= 11 is 0. The lowest BCUT2D eigenvalue weighted by molar-refractivity contribution is -0.137. The van der Waals surface area contributed by atoms with Crippen molar-refractivity contribution in [3.05, 3.63) is 12.2 Å². The molecule has 10 heteroatoms. The number of phosphoric acid groups is 1. The minimum atomic E-state index is -4.17. The fourth-order valence-electron chi connectivity index (χ4n) is 3.56. The van der Waals surface area contributed by atoms with Gasteiger partial charge in [-0.3, -0.25) is 13.8 Å². The molecule has 2 unspecified atom stereocenters. The Labute approximate surface area is 225 Å². The first-order valence-corrected chi connectivity index (χ1v) is 15.7. The number of carboxylic acids is 1. The molecule has 0 bridgehead atoms. The van der Waals surface area contributed by atoms with Crippen molar-refractivity contribution >= 4 is 13.8 Å². The molecule has 0 radical (unpaired) electrons. The predicted molar refractivity (Wildman–Crippen MR) is 148 cm³/mol. The van der Waals surface area contributed by atoms with Crippen LogP contribution in [0.3, 0.4) is 0 Å². The fourth-order valence-corrected chi connectivity index (χ4v) is 4.31. The summed E-state index contributed by atoms with van der Waals surface area (Å²) in [5.41, 5.74) is 0. The molecule has 220 valence electrons. The van der Waals surface area contributed by atoms with Crippen molar-refractivity contribution in [3.63, 3.8) is 0 Å². The second-order valence-electron chi connectivity index (χ2n) is 9.35. The van der Waals surface area contributed by atoms with Crippen LogP contribution in [0.4, 0.5) is 0 Å². The Bertz CT molecular complexity index is 591. The van der Waals surface area contributed by atoms with Gasteiger partial charge in [0.15, 0.2) is 0 Å². The quantitative estimate of drug-likeness (QED) is 0.0562. The lowest BCUT2D eigenvalue weighted by atomic mass is 10.1. The lowest BCUT2D eigenvalue weighted by Crippen LogP contribution is -2.26. The van der Waals surface area contributed by atoms with Gasteiger partial charge in [0.05, 0.1) is 19.8 Å². The van der Waals surface area contributed by atoms with Crippen molar-refractivity contribution in [3.8, 4) is 0 Å². The normalized spacial score (nSPS) is 14.2. The van der Waals surface area contributed by atoms with Crippen molar-refractivity contribution in [2.45, 2.75) is 109 Å². The van der Waals surface area contributed by atoms with Crippen LogP contribution < -0.4 is 5.32 Å². The summed E-state index contributed by atoms with van der Waals surface area (Å²) in [6, 6.07) is 0. The first-order valence-electron chi connectivity index (χ1n) is 14.2. The summed E-state index contributed by atoms with van der Waals surface area (Å²) in [4.78, 5) is 20.4. The Morgan fingerprint density at radius 2 is 1.46 bits per heavy atom. The molecule has 0 aromatic carbocycles. The number of phosphoric ester groups is 1. The van der Waals surface area contributed by atoms with Crippen LogP contribution >= 0.6 is 7.82 Å². The van der Waals surface area contributed by atoms with Gasteiger partial charge >= 0.3 is 13.8 Å². The average Bonchev–Trinajstić information content (AvgIpc) is 2.86. The standard InChI is InChI=1S/C27H54NO8P/c1-3-4-5-6-7-8-9-10-11-12-13-14-15-17-21-33-24-26(34-22-18-16-19-27(29)30)25-36-37(31,32)35-23-20-28-2/h8-9,26,28H,3-7,10-25H2,1-2H3,(H,29,30)(H,31,32)/b9-8+. The molecule has 9 nitrogen and oxygen atoms in total. The molecule has 2 atom stereocenters. The number of carbonyl (C=O) groups is 1. The summed E-state index contributed by atoms with van der Waals surface area (Å²) < 4.78 is 33.4. The number of unbranched alkanes of at least 4 members (excludes halogenated alkanes) is 11. The van der Waals surface area contributed by atoms with Crippen molar-refractivity contribution in [1.29, 1.82) is 0 Å². The SMILES string of the molecule is CCCCCC/C=C/CCCCCCCCOCC(COP(=O)(O)OCCNC)OCCCCC(=O)O. The van der Waals surface area contributed by atoms with Crippen LogP contribution in [0.2, 0.25) is 0 Å². The van der Waals surface area contributed by atoms with Crippen LogP contribution in [0.15, 0.2) is 12.2 Å². The molecule has 0 aliphatic carbocycles. The third kappa shape index (κ3) is 28.0. The maximum Gasteiger partial charge on any atom is 0.472 e. The monoisotopic (exact) mass is 551 g/mol. The van der Waals surface area contributed by atoms with Gasteiger partial charge in [0.2, 0.25) is 0 Å². The topological polar surface area (TPSA) is 124 Å². The minimum Gasteiger partial charge on any atom is -0.481 e. The van der Waals surface area contributed by atoms with E-state index in [1.54, 1.807) is 7.05 Å². The molecule has 0 aliphatic rings. The molecule has 0 aliphatic heterocycles. The van der Waals surface area contributed by atoms with Gasteiger partial charge in [0.25, 0.3) is 0 Å². The first kappa shape index (κ1) is 36.2. The highest BCUT2D eigenvalue weighted by Crippen LogP contribution is 2.43. The number of rotatable bonds is 29. The van der Waals surface area contributed by atoms with Gasteiger partial charge in [-0.2, -0.15) is 0 Å². The molecule has 0 aromatic heterocycles. The zero-order valence-electron chi connectivity index (χ0n) is 23.4. The minimum absolute atomic E-state index is 0.0529. The first-order chi connectivity index (χ1) is 17.9. The van der Waals surface area contributed by atoms with E-state index in [4.69, 9.17) is 23.6 Å². The third-order valence-corrected chi connectivity index (χ3v) is 6.76. The number of allylic oxidation sites excluding steroid dienone is 2. The third-order valence-electron chi connectivity index (χ3n) is 5.77. The summed E-state index contributed by atoms with van der Waals surface area (Å²) in [6.07, 6.45) is 20.0. The van der Waals surface area contributed by atoms with Gasteiger partial charge < -0.3 is 24.8 Å². The predicted octanol–water partition coefficient (Wildman–Crippen LogP) is 6.25. The molecule has 0 rings (SSSR count). The number of nitrogens with one attached hydrogen (secondary N) is 1. The summed E-state index contributed by atoms with van der Waals surface area (Å²) in [5, 5.41) is 11.6. The fraction of sp³-hybridized carbons (Fsp3) is 0.889. The van der Waals surface area contributed by atoms with E-state index in [0.29, 0.717) is 32.6 Å². The largest absolute Gasteiger partial charge is 0.481 e. The van der Waals surface area contributed by atoms with E-state index < -0.39 is 19.9 Å². The maximum atomic E-state index is 12.0. The van der Waals surface area contributed by atoms with Crippen molar-refractivity contribution in [2.24, 2.45) is 0 Å². The zero-order valence-corrected chi connectivity index (χ0v) is 24.3. The molecule has 0 saturated carbocycles. The van der Waals surface area contributed by atoms with E-state index in [1.165, 1.54) is 64.2 Å². The van der Waals surface area contributed by atoms with Gasteiger partial charge in [-0.05, 0) is 52.0 Å². The molecule has 0 amide bonds. The van der Waals surface area contributed by atoms with Crippen LogP contribution in [0.25, 0.3) is 0 Å². The van der Waals surface area contributed by atoms with Gasteiger partial charge in [0, 0.05) is 26.2 Å². The van der Waals surface area contributed by atoms with Crippen LogP contribution in [-0.4, -0.2) is 68.7 Å². The van der Waals surface area contributed by atoms with Crippen molar-refractivity contribution in [2.75, 3.05) is 46.6 Å². The molecule has 0 heterocycles. The van der Waals surface area contributed by atoms with E-state index in [0.717, 1.165) is 12.8 Å². The lowest BCUT2D eigenvalue weighted by Gasteiger charge is -2.20. The maximum absolute atomic E-state index is 12.0. The van der Waals surface area contributed by atoms with Gasteiger partial charge in [-0.1, -0.05) is 64.0 Å². The van der Waals surface area contributed by atoms with E-state index in [2.05, 4.69) is 24.4 Å². The highest BCUT2D eigenvalue weighted by molar-refractivity contribution is 7.47. The average molecular weight is 552 g/mol. The molecule has 0 fully saturated rings. The van der Waals surface area contributed by atoms with Crippen LogP contribution in [0, 0.1) is 0 Å². The second-order valence-corrected chi connectivity index (χ2v) is 10.8. The summed E-state index contributed by atoms with van der Waals surface area (Å²) in [6.45, 7) is 3.74. The molecule has 3 N–H and O–H groups in total. The van der Waals surface area contributed by atoms with E-state index in [-0.39, 0.29) is 26.2 Å². The highest BCUT2D eigenvalue weighted by Gasteiger charge is 2.23. The van der Waals surface area contributed by atoms with Crippen LogP contribution in [0.1, 0.15) is 103 Å². The number of hydrogen-bond donors (Lipinski definition) is 3. The Hall–Kier alpha value is -0.800. The smallest absolute Gasteiger partial charge is 0.472 e. The zero-order chi connectivity index (χ0) is 27.5.